The predicted molar refractivity (Wildman–Crippen MR) is 97.6 cm³/mol. The Bertz CT molecular complexity index is 1060. The summed E-state index contributed by atoms with van der Waals surface area (Å²) in [6, 6.07) is 5.78. The summed E-state index contributed by atoms with van der Waals surface area (Å²) in [7, 11) is 1.62. The number of aromatic nitrogens is 3. The van der Waals surface area contributed by atoms with E-state index in [0.717, 1.165) is 22.2 Å². The van der Waals surface area contributed by atoms with Crippen molar-refractivity contribution >= 4 is 16.8 Å². The summed E-state index contributed by atoms with van der Waals surface area (Å²) in [4.78, 5) is 40.5. The number of ether oxygens (including phenoxy) is 1. The zero-order chi connectivity index (χ0) is 18.7. The van der Waals surface area contributed by atoms with Crippen LogP contribution in [-0.4, -0.2) is 34.1 Å². The summed E-state index contributed by atoms with van der Waals surface area (Å²) in [5, 5.41) is 3.84. The number of amides is 1. The van der Waals surface area contributed by atoms with Gasteiger partial charge in [-0.2, -0.15) is 0 Å². The number of methoxy groups -OCH3 is 1. The van der Waals surface area contributed by atoms with Gasteiger partial charge < -0.3 is 15.0 Å². The monoisotopic (exact) mass is 356 g/mol. The summed E-state index contributed by atoms with van der Waals surface area (Å²) < 4.78 is 6.43. The van der Waals surface area contributed by atoms with Crippen molar-refractivity contribution in [3.8, 4) is 5.75 Å². The molecule has 136 valence electrons. The zero-order valence-corrected chi connectivity index (χ0v) is 14.6. The van der Waals surface area contributed by atoms with E-state index in [9.17, 15) is 14.4 Å². The Kier molecular flexibility index (Phi) is 4.92. The zero-order valence-electron chi connectivity index (χ0n) is 14.6. The van der Waals surface area contributed by atoms with Crippen molar-refractivity contribution in [1.29, 1.82) is 0 Å². The molecule has 0 spiro atoms. The van der Waals surface area contributed by atoms with E-state index in [4.69, 9.17) is 4.74 Å². The number of H-pyrrole nitrogens is 2. The largest absolute Gasteiger partial charge is 0.497 e. The summed E-state index contributed by atoms with van der Waals surface area (Å²) in [6.45, 7) is 1.87. The number of hydrogen-bond acceptors (Lipinski definition) is 4. The van der Waals surface area contributed by atoms with E-state index in [1.807, 2.05) is 24.4 Å². The standard InChI is InChI=1S/C18H20N4O4/c1-11-9-22(18(25)21-17(11)24)10-16(23)19-6-5-12-8-20-15-4-3-13(26-2)7-14(12)15/h3-4,7-9,20H,5-6,10H2,1-2H3,(H,19,23)(H,21,24,25). The number of nitrogens with one attached hydrogen (secondary N) is 3. The van der Waals surface area contributed by atoms with Gasteiger partial charge >= 0.3 is 5.69 Å². The van der Waals surface area contributed by atoms with Crippen LogP contribution in [0.4, 0.5) is 0 Å². The number of benzene rings is 1. The fourth-order valence-corrected chi connectivity index (χ4v) is 2.77. The van der Waals surface area contributed by atoms with Crippen LogP contribution in [0.15, 0.2) is 40.2 Å². The summed E-state index contributed by atoms with van der Waals surface area (Å²) in [5.74, 6) is 0.478. The Morgan fingerprint density at radius 2 is 2.12 bits per heavy atom. The van der Waals surface area contributed by atoms with Crippen molar-refractivity contribution < 1.29 is 9.53 Å². The van der Waals surface area contributed by atoms with Crippen LogP contribution in [0.1, 0.15) is 11.1 Å². The van der Waals surface area contributed by atoms with E-state index < -0.39 is 11.2 Å². The van der Waals surface area contributed by atoms with Crippen molar-refractivity contribution in [2.24, 2.45) is 0 Å². The lowest BCUT2D eigenvalue weighted by Crippen LogP contribution is -2.37. The molecule has 0 radical (unpaired) electrons. The normalized spacial score (nSPS) is 10.8. The van der Waals surface area contributed by atoms with Crippen molar-refractivity contribution in [3.63, 3.8) is 0 Å². The van der Waals surface area contributed by atoms with Gasteiger partial charge in [-0.3, -0.25) is 19.1 Å². The van der Waals surface area contributed by atoms with Gasteiger partial charge in [0.05, 0.1) is 7.11 Å². The summed E-state index contributed by atoms with van der Waals surface area (Å²) >= 11 is 0. The highest BCUT2D eigenvalue weighted by Crippen LogP contribution is 2.23. The lowest BCUT2D eigenvalue weighted by Gasteiger charge is -2.07. The van der Waals surface area contributed by atoms with Gasteiger partial charge in [-0.15, -0.1) is 0 Å². The third-order valence-electron chi connectivity index (χ3n) is 4.19. The molecule has 8 nitrogen and oxygen atoms in total. The number of rotatable bonds is 6. The number of aryl methyl sites for hydroxylation is 1. The summed E-state index contributed by atoms with van der Waals surface area (Å²) in [5.41, 5.74) is 1.41. The van der Waals surface area contributed by atoms with Crippen LogP contribution < -0.4 is 21.3 Å². The molecule has 0 saturated heterocycles. The lowest BCUT2D eigenvalue weighted by atomic mass is 10.1. The molecule has 0 unspecified atom stereocenters. The Balaban J connectivity index is 1.61. The van der Waals surface area contributed by atoms with Gasteiger partial charge in [0.15, 0.2) is 0 Å². The second-order valence-electron chi connectivity index (χ2n) is 6.02. The highest BCUT2D eigenvalue weighted by molar-refractivity contribution is 5.84. The van der Waals surface area contributed by atoms with E-state index in [0.29, 0.717) is 18.5 Å². The first kappa shape index (κ1) is 17.5. The molecule has 1 aromatic carbocycles. The van der Waals surface area contributed by atoms with E-state index >= 15 is 0 Å². The Morgan fingerprint density at radius 1 is 1.31 bits per heavy atom. The van der Waals surface area contributed by atoms with Crippen molar-refractivity contribution in [2.45, 2.75) is 19.9 Å². The Morgan fingerprint density at radius 3 is 2.88 bits per heavy atom. The highest BCUT2D eigenvalue weighted by Gasteiger charge is 2.08. The van der Waals surface area contributed by atoms with Crippen molar-refractivity contribution in [1.82, 2.24) is 19.9 Å². The van der Waals surface area contributed by atoms with Gasteiger partial charge in [-0.1, -0.05) is 0 Å². The maximum atomic E-state index is 12.1. The van der Waals surface area contributed by atoms with Crippen molar-refractivity contribution in [2.75, 3.05) is 13.7 Å². The molecule has 3 aromatic rings. The molecular formula is C18H20N4O4. The van der Waals surface area contributed by atoms with Crippen LogP contribution in [0, 0.1) is 6.92 Å². The number of aromatic amines is 2. The van der Waals surface area contributed by atoms with Crippen LogP contribution in [0.2, 0.25) is 0 Å². The quantitative estimate of drug-likeness (QED) is 0.604. The minimum Gasteiger partial charge on any atom is -0.497 e. The number of hydrogen-bond donors (Lipinski definition) is 3. The molecule has 0 aliphatic rings. The molecule has 3 rings (SSSR count). The minimum atomic E-state index is -0.598. The molecule has 2 aromatic heterocycles. The molecule has 0 bridgehead atoms. The van der Waals surface area contributed by atoms with E-state index in [2.05, 4.69) is 15.3 Å². The van der Waals surface area contributed by atoms with E-state index in [-0.39, 0.29) is 12.5 Å². The number of carbonyl (C=O) groups is 1. The van der Waals surface area contributed by atoms with E-state index in [1.165, 1.54) is 10.8 Å². The molecule has 0 atom stereocenters. The van der Waals surface area contributed by atoms with Gasteiger partial charge in [0, 0.05) is 35.4 Å². The smallest absolute Gasteiger partial charge is 0.328 e. The summed E-state index contributed by atoms with van der Waals surface area (Å²) in [6.07, 6.45) is 3.93. The first-order valence-electron chi connectivity index (χ1n) is 8.19. The molecule has 26 heavy (non-hydrogen) atoms. The van der Waals surface area contributed by atoms with Gasteiger partial charge in [0.2, 0.25) is 5.91 Å². The second kappa shape index (κ2) is 7.30. The third-order valence-corrected chi connectivity index (χ3v) is 4.19. The SMILES string of the molecule is COc1ccc2[nH]cc(CCNC(=O)Cn3cc(C)c(=O)[nH]c3=O)c2c1. The van der Waals surface area contributed by atoms with Crippen LogP contribution in [0.5, 0.6) is 5.75 Å². The minimum absolute atomic E-state index is 0.141. The van der Waals surface area contributed by atoms with Gasteiger partial charge in [-0.05, 0) is 37.1 Å². The van der Waals surface area contributed by atoms with Crippen LogP contribution >= 0.6 is 0 Å². The molecule has 0 aliphatic carbocycles. The fraction of sp³-hybridized carbons (Fsp3) is 0.278. The first-order chi connectivity index (χ1) is 12.5. The third kappa shape index (κ3) is 3.69. The molecule has 8 heteroatoms. The van der Waals surface area contributed by atoms with Gasteiger partial charge in [0.25, 0.3) is 5.56 Å². The molecule has 3 N–H and O–H groups in total. The maximum Gasteiger partial charge on any atom is 0.328 e. The average Bonchev–Trinajstić information content (AvgIpc) is 3.02. The molecule has 1 amide bonds. The Labute approximate surface area is 148 Å². The highest BCUT2D eigenvalue weighted by atomic mass is 16.5. The number of carbonyl (C=O) groups excluding carboxylic acids is 1. The molecule has 0 aliphatic heterocycles. The van der Waals surface area contributed by atoms with E-state index in [1.54, 1.807) is 14.0 Å². The topological polar surface area (TPSA) is 109 Å². The van der Waals surface area contributed by atoms with Crippen molar-refractivity contribution in [3.05, 3.63) is 62.6 Å². The van der Waals surface area contributed by atoms with Crippen LogP contribution in [0.25, 0.3) is 10.9 Å². The fourth-order valence-electron chi connectivity index (χ4n) is 2.77. The first-order valence-corrected chi connectivity index (χ1v) is 8.19. The Hall–Kier alpha value is -3.29. The van der Waals surface area contributed by atoms with Crippen LogP contribution in [0.3, 0.4) is 0 Å². The second-order valence-corrected chi connectivity index (χ2v) is 6.02. The van der Waals surface area contributed by atoms with Gasteiger partial charge in [0.1, 0.15) is 12.3 Å². The molecule has 0 saturated carbocycles. The van der Waals surface area contributed by atoms with Crippen LogP contribution in [-0.2, 0) is 17.8 Å². The van der Waals surface area contributed by atoms with Gasteiger partial charge in [-0.25, -0.2) is 4.79 Å². The number of fused-ring (bicyclic) bond motifs is 1. The molecular weight excluding hydrogens is 336 g/mol. The average molecular weight is 356 g/mol. The molecule has 0 fully saturated rings. The molecule has 2 heterocycles. The maximum absolute atomic E-state index is 12.1. The predicted octanol–water partition coefficient (Wildman–Crippen LogP) is 0.694. The number of nitrogens with zero attached hydrogens (tertiary/aromatic N) is 1. The lowest BCUT2D eigenvalue weighted by molar-refractivity contribution is -0.121.